The molecule has 0 bridgehead atoms. The van der Waals surface area contributed by atoms with E-state index >= 15 is 0 Å². The van der Waals surface area contributed by atoms with Crippen molar-refractivity contribution in [1.29, 1.82) is 0 Å². The van der Waals surface area contributed by atoms with Gasteiger partial charge >= 0.3 is 5.97 Å². The lowest BCUT2D eigenvalue weighted by molar-refractivity contribution is -0.152. The van der Waals surface area contributed by atoms with Crippen LogP contribution in [0.2, 0.25) is 0 Å². The zero-order chi connectivity index (χ0) is 12.3. The number of carboxylic acids is 1. The number of nitrogens with one attached hydrogen (secondary N) is 1. The van der Waals surface area contributed by atoms with Crippen molar-refractivity contribution < 1.29 is 19.0 Å². The second-order valence-electron chi connectivity index (χ2n) is 4.24. The third kappa shape index (κ3) is 2.81. The number of ether oxygens (including phenoxy) is 1. The first-order valence-corrected chi connectivity index (χ1v) is 5.41. The highest BCUT2D eigenvalue weighted by atomic mass is 19.1. The molecule has 2 rings (SSSR count). The van der Waals surface area contributed by atoms with Crippen LogP contribution in [0.5, 0.6) is 0 Å². The highest BCUT2D eigenvalue weighted by Gasteiger charge is 2.40. The summed E-state index contributed by atoms with van der Waals surface area (Å²) in [6, 6.07) is 6.33. The fraction of sp³-hybridized carbons (Fsp3) is 0.417. The minimum atomic E-state index is -0.903. The lowest BCUT2D eigenvalue weighted by Gasteiger charge is -2.41. The molecule has 0 unspecified atom stereocenters. The Labute approximate surface area is 98.4 Å². The third-order valence-corrected chi connectivity index (χ3v) is 2.86. The van der Waals surface area contributed by atoms with Crippen LogP contribution in [0, 0.1) is 5.82 Å². The van der Waals surface area contributed by atoms with E-state index in [1.54, 1.807) is 18.2 Å². The number of aliphatic carboxylic acids is 1. The molecule has 0 amide bonds. The summed E-state index contributed by atoms with van der Waals surface area (Å²) in [4.78, 5) is 10.7. The highest BCUT2D eigenvalue weighted by Crippen LogP contribution is 2.23. The predicted octanol–water partition coefficient (Wildman–Crippen LogP) is 1.16. The van der Waals surface area contributed by atoms with Crippen molar-refractivity contribution in [2.45, 2.75) is 18.6 Å². The van der Waals surface area contributed by atoms with Gasteiger partial charge in [0.15, 0.2) is 0 Å². The molecule has 1 fully saturated rings. The maximum atomic E-state index is 13.3. The lowest BCUT2D eigenvalue weighted by Crippen LogP contribution is -2.61. The number of hydrogen-bond donors (Lipinski definition) is 2. The molecule has 1 aromatic carbocycles. The average Bonchev–Trinajstić information content (AvgIpc) is 2.23. The SMILES string of the molecule is O=C(O)CC1(OCc2ccccc2F)CNC1. The molecule has 4 nitrogen and oxygen atoms in total. The first-order valence-electron chi connectivity index (χ1n) is 5.41. The molecular formula is C12H14FNO3. The van der Waals surface area contributed by atoms with Crippen molar-refractivity contribution >= 4 is 5.97 Å². The molecule has 17 heavy (non-hydrogen) atoms. The van der Waals surface area contributed by atoms with Gasteiger partial charge in [0.1, 0.15) is 11.4 Å². The molecule has 0 aliphatic carbocycles. The van der Waals surface area contributed by atoms with Crippen LogP contribution in [0.1, 0.15) is 12.0 Å². The van der Waals surface area contributed by atoms with Gasteiger partial charge in [-0.2, -0.15) is 0 Å². The minimum absolute atomic E-state index is 0.0611. The summed E-state index contributed by atoms with van der Waals surface area (Å²) in [5.41, 5.74) is -0.238. The number of benzene rings is 1. The molecule has 0 radical (unpaired) electrons. The van der Waals surface area contributed by atoms with Crippen molar-refractivity contribution in [1.82, 2.24) is 5.32 Å². The Morgan fingerprint density at radius 2 is 2.18 bits per heavy atom. The maximum Gasteiger partial charge on any atom is 0.306 e. The zero-order valence-corrected chi connectivity index (χ0v) is 9.28. The van der Waals surface area contributed by atoms with E-state index in [1.807, 2.05) is 0 Å². The van der Waals surface area contributed by atoms with Crippen LogP contribution in [0.15, 0.2) is 24.3 Å². The minimum Gasteiger partial charge on any atom is -0.481 e. The predicted molar refractivity (Wildman–Crippen MR) is 59.0 cm³/mol. The molecule has 92 valence electrons. The van der Waals surface area contributed by atoms with Crippen molar-refractivity contribution in [3.63, 3.8) is 0 Å². The lowest BCUT2D eigenvalue weighted by atomic mass is 9.92. The second kappa shape index (κ2) is 4.81. The van der Waals surface area contributed by atoms with E-state index < -0.39 is 11.6 Å². The van der Waals surface area contributed by atoms with E-state index in [4.69, 9.17) is 9.84 Å². The summed E-state index contributed by atoms with van der Waals surface area (Å²) < 4.78 is 18.9. The standard InChI is InChI=1S/C12H14FNO3/c13-10-4-2-1-3-9(10)6-17-12(5-11(15)16)7-14-8-12/h1-4,14H,5-8H2,(H,15,16). The molecule has 2 N–H and O–H groups in total. The first kappa shape index (κ1) is 12.0. The summed E-state index contributed by atoms with van der Waals surface area (Å²) in [6.45, 7) is 1.09. The number of rotatable bonds is 5. The Morgan fingerprint density at radius 1 is 1.47 bits per heavy atom. The van der Waals surface area contributed by atoms with Gasteiger partial charge in [-0.25, -0.2) is 4.39 Å². The molecule has 0 atom stereocenters. The molecule has 1 saturated heterocycles. The Balaban J connectivity index is 1.97. The number of carbonyl (C=O) groups is 1. The van der Waals surface area contributed by atoms with Crippen molar-refractivity contribution in [3.05, 3.63) is 35.6 Å². The van der Waals surface area contributed by atoms with Crippen LogP contribution in [-0.4, -0.2) is 29.8 Å². The molecule has 1 aliphatic rings. The van der Waals surface area contributed by atoms with Gasteiger partial charge in [0.2, 0.25) is 0 Å². The summed E-state index contributed by atoms with van der Waals surface area (Å²) in [7, 11) is 0. The molecule has 5 heteroatoms. The van der Waals surface area contributed by atoms with Gasteiger partial charge in [0.25, 0.3) is 0 Å². The topological polar surface area (TPSA) is 58.6 Å². The molecule has 0 saturated carbocycles. The largest absolute Gasteiger partial charge is 0.481 e. The van der Waals surface area contributed by atoms with Gasteiger partial charge in [0.05, 0.1) is 13.0 Å². The Bertz CT molecular complexity index is 418. The average molecular weight is 239 g/mol. The van der Waals surface area contributed by atoms with Crippen LogP contribution >= 0.6 is 0 Å². The fourth-order valence-corrected chi connectivity index (χ4v) is 1.80. The molecule has 1 aliphatic heterocycles. The van der Waals surface area contributed by atoms with Crippen LogP contribution in [0.4, 0.5) is 4.39 Å². The smallest absolute Gasteiger partial charge is 0.306 e. The Kier molecular flexibility index (Phi) is 3.40. The van der Waals surface area contributed by atoms with Gasteiger partial charge in [-0.05, 0) is 6.07 Å². The van der Waals surface area contributed by atoms with Gasteiger partial charge in [-0.15, -0.1) is 0 Å². The van der Waals surface area contributed by atoms with Gasteiger partial charge < -0.3 is 15.2 Å². The normalized spacial score (nSPS) is 17.5. The summed E-state index contributed by atoms with van der Waals surface area (Å²) >= 11 is 0. The van der Waals surface area contributed by atoms with E-state index in [9.17, 15) is 9.18 Å². The highest BCUT2D eigenvalue weighted by molar-refractivity contribution is 5.68. The monoisotopic (exact) mass is 239 g/mol. The summed E-state index contributed by atoms with van der Waals surface area (Å²) in [5.74, 6) is -1.23. The molecular weight excluding hydrogens is 225 g/mol. The van der Waals surface area contributed by atoms with Crippen LogP contribution < -0.4 is 5.32 Å². The third-order valence-electron chi connectivity index (χ3n) is 2.86. The number of hydrogen-bond acceptors (Lipinski definition) is 3. The van der Waals surface area contributed by atoms with E-state index in [0.29, 0.717) is 18.7 Å². The maximum absolute atomic E-state index is 13.3. The van der Waals surface area contributed by atoms with Crippen LogP contribution in [0.25, 0.3) is 0 Å². The van der Waals surface area contributed by atoms with E-state index in [0.717, 1.165) is 0 Å². The van der Waals surface area contributed by atoms with E-state index in [1.165, 1.54) is 6.07 Å². The second-order valence-corrected chi connectivity index (χ2v) is 4.24. The van der Waals surface area contributed by atoms with Gasteiger partial charge in [0, 0.05) is 18.7 Å². The Hall–Kier alpha value is -1.46. The van der Waals surface area contributed by atoms with Crippen molar-refractivity contribution in [3.8, 4) is 0 Å². The quantitative estimate of drug-likeness (QED) is 0.809. The van der Waals surface area contributed by atoms with Crippen molar-refractivity contribution in [2.24, 2.45) is 0 Å². The Morgan fingerprint density at radius 3 is 2.71 bits per heavy atom. The molecule has 0 spiro atoms. The fourth-order valence-electron chi connectivity index (χ4n) is 1.80. The number of carboxylic acid groups (broad SMARTS) is 1. The van der Waals surface area contributed by atoms with Gasteiger partial charge in [-0.3, -0.25) is 4.79 Å². The van der Waals surface area contributed by atoms with E-state index in [-0.39, 0.29) is 18.8 Å². The summed E-state index contributed by atoms with van der Waals surface area (Å²) in [6.07, 6.45) is -0.0611. The van der Waals surface area contributed by atoms with Crippen LogP contribution in [0.3, 0.4) is 0 Å². The first-order chi connectivity index (χ1) is 8.11. The number of halogens is 1. The molecule has 0 aromatic heterocycles. The van der Waals surface area contributed by atoms with Crippen LogP contribution in [-0.2, 0) is 16.1 Å². The van der Waals surface area contributed by atoms with E-state index in [2.05, 4.69) is 5.32 Å². The molecule has 1 aromatic rings. The van der Waals surface area contributed by atoms with Crippen molar-refractivity contribution in [2.75, 3.05) is 13.1 Å². The van der Waals surface area contributed by atoms with Gasteiger partial charge in [-0.1, -0.05) is 18.2 Å². The molecule has 1 heterocycles. The zero-order valence-electron chi connectivity index (χ0n) is 9.28. The summed E-state index contributed by atoms with van der Waals surface area (Å²) in [5, 5.41) is 11.8.